The highest BCUT2D eigenvalue weighted by Gasteiger charge is 2.54. The van der Waals surface area contributed by atoms with E-state index in [1.54, 1.807) is 6.07 Å². The van der Waals surface area contributed by atoms with Crippen LogP contribution >= 0.6 is 0 Å². The maximum Gasteiger partial charge on any atom is 0.159 e. The van der Waals surface area contributed by atoms with Gasteiger partial charge >= 0.3 is 0 Å². The van der Waals surface area contributed by atoms with Crippen molar-refractivity contribution >= 4 is 0 Å². The number of hydrogen-bond donors (Lipinski definition) is 1. The van der Waals surface area contributed by atoms with Gasteiger partial charge in [-0.25, -0.2) is 8.78 Å². The van der Waals surface area contributed by atoms with E-state index in [0.717, 1.165) is 17.4 Å². The SMILES string of the molecule is NC(Cc1ccc(F)c(F)c1)C1C2CCCC21. The van der Waals surface area contributed by atoms with Crippen molar-refractivity contribution in [1.82, 2.24) is 0 Å². The number of benzene rings is 1. The molecule has 17 heavy (non-hydrogen) atoms. The van der Waals surface area contributed by atoms with Crippen LogP contribution in [0.1, 0.15) is 24.8 Å². The van der Waals surface area contributed by atoms with Crippen LogP contribution in [0, 0.1) is 29.4 Å². The van der Waals surface area contributed by atoms with Gasteiger partial charge in [0.15, 0.2) is 11.6 Å². The molecule has 3 rings (SSSR count). The summed E-state index contributed by atoms with van der Waals surface area (Å²) in [6.07, 6.45) is 4.61. The zero-order valence-corrected chi connectivity index (χ0v) is 9.70. The normalized spacial score (nSPS) is 32.3. The lowest BCUT2D eigenvalue weighted by atomic mass is 9.98. The predicted molar refractivity (Wildman–Crippen MR) is 62.4 cm³/mol. The molecule has 1 aromatic carbocycles. The van der Waals surface area contributed by atoms with Crippen LogP contribution in [0.15, 0.2) is 18.2 Å². The zero-order valence-electron chi connectivity index (χ0n) is 9.70. The van der Waals surface area contributed by atoms with Gasteiger partial charge < -0.3 is 5.73 Å². The molecule has 2 aliphatic carbocycles. The first-order valence-corrected chi connectivity index (χ1v) is 6.36. The summed E-state index contributed by atoms with van der Waals surface area (Å²) in [5.41, 5.74) is 6.98. The number of rotatable bonds is 3. The highest BCUT2D eigenvalue weighted by molar-refractivity contribution is 5.20. The first-order chi connectivity index (χ1) is 8.16. The van der Waals surface area contributed by atoms with Gasteiger partial charge in [0.2, 0.25) is 0 Å². The molecule has 0 saturated heterocycles. The highest BCUT2D eigenvalue weighted by atomic mass is 19.2. The van der Waals surface area contributed by atoms with Gasteiger partial charge in [0.1, 0.15) is 0 Å². The Bertz CT molecular complexity index is 422. The molecule has 3 heteroatoms. The van der Waals surface area contributed by atoms with Gasteiger partial charge in [-0.05, 0) is 54.7 Å². The van der Waals surface area contributed by atoms with E-state index in [0.29, 0.717) is 12.3 Å². The van der Waals surface area contributed by atoms with E-state index in [4.69, 9.17) is 5.73 Å². The van der Waals surface area contributed by atoms with E-state index in [1.807, 2.05) is 0 Å². The van der Waals surface area contributed by atoms with Crippen molar-refractivity contribution in [2.75, 3.05) is 0 Å². The van der Waals surface area contributed by atoms with E-state index in [1.165, 1.54) is 31.4 Å². The molecular formula is C14H17F2N. The average Bonchev–Trinajstić information content (AvgIpc) is 2.78. The Balaban J connectivity index is 1.64. The minimum atomic E-state index is -0.786. The third-order valence-corrected chi connectivity index (χ3v) is 4.42. The monoisotopic (exact) mass is 237 g/mol. The molecule has 92 valence electrons. The van der Waals surface area contributed by atoms with Crippen molar-refractivity contribution in [2.24, 2.45) is 23.5 Å². The minimum absolute atomic E-state index is 0.107. The van der Waals surface area contributed by atoms with Crippen LogP contribution in [-0.2, 0) is 6.42 Å². The fraction of sp³-hybridized carbons (Fsp3) is 0.571. The highest BCUT2D eigenvalue weighted by Crippen LogP contribution is 2.58. The first kappa shape index (κ1) is 11.1. The van der Waals surface area contributed by atoms with E-state index in [2.05, 4.69) is 0 Å². The summed E-state index contributed by atoms with van der Waals surface area (Å²) in [5, 5.41) is 0. The number of halogens is 2. The second-order valence-electron chi connectivity index (χ2n) is 5.45. The molecule has 0 radical (unpaired) electrons. The Labute approximate surface area is 100 Å². The minimum Gasteiger partial charge on any atom is -0.327 e. The number of hydrogen-bond acceptors (Lipinski definition) is 1. The van der Waals surface area contributed by atoms with Crippen molar-refractivity contribution in [2.45, 2.75) is 31.7 Å². The van der Waals surface area contributed by atoms with Crippen molar-refractivity contribution in [3.8, 4) is 0 Å². The fourth-order valence-corrected chi connectivity index (χ4v) is 3.59. The van der Waals surface area contributed by atoms with E-state index in [-0.39, 0.29) is 6.04 Å². The second-order valence-corrected chi connectivity index (χ2v) is 5.45. The molecule has 2 aliphatic rings. The number of fused-ring (bicyclic) bond motifs is 1. The van der Waals surface area contributed by atoms with Gasteiger partial charge in [-0.2, -0.15) is 0 Å². The van der Waals surface area contributed by atoms with Crippen molar-refractivity contribution in [3.05, 3.63) is 35.4 Å². The molecule has 0 bridgehead atoms. The topological polar surface area (TPSA) is 26.0 Å². The molecule has 0 amide bonds. The number of nitrogens with two attached hydrogens (primary N) is 1. The molecule has 0 spiro atoms. The van der Waals surface area contributed by atoms with E-state index >= 15 is 0 Å². The first-order valence-electron chi connectivity index (χ1n) is 6.36. The Morgan fingerprint density at radius 3 is 2.53 bits per heavy atom. The van der Waals surface area contributed by atoms with E-state index in [9.17, 15) is 8.78 Å². The van der Waals surface area contributed by atoms with Crippen LogP contribution in [0.2, 0.25) is 0 Å². The molecular weight excluding hydrogens is 220 g/mol. The van der Waals surface area contributed by atoms with Crippen LogP contribution in [0.5, 0.6) is 0 Å². The average molecular weight is 237 g/mol. The fourth-order valence-electron chi connectivity index (χ4n) is 3.59. The van der Waals surface area contributed by atoms with Gasteiger partial charge in [0.05, 0.1) is 0 Å². The van der Waals surface area contributed by atoms with Gasteiger partial charge in [-0.15, -0.1) is 0 Å². The van der Waals surface area contributed by atoms with Gasteiger partial charge in [-0.1, -0.05) is 12.5 Å². The van der Waals surface area contributed by atoms with E-state index < -0.39 is 11.6 Å². The lowest BCUT2D eigenvalue weighted by Crippen LogP contribution is -2.27. The Kier molecular flexibility index (Phi) is 2.66. The summed E-state index contributed by atoms with van der Waals surface area (Å²) >= 11 is 0. The quantitative estimate of drug-likeness (QED) is 0.859. The Morgan fingerprint density at radius 2 is 1.88 bits per heavy atom. The zero-order chi connectivity index (χ0) is 12.0. The van der Waals surface area contributed by atoms with Crippen molar-refractivity contribution < 1.29 is 8.78 Å². The molecule has 2 fully saturated rings. The molecule has 1 nitrogen and oxygen atoms in total. The lowest BCUT2D eigenvalue weighted by molar-refractivity contribution is 0.478. The summed E-state index contributed by atoms with van der Waals surface area (Å²) in [6.45, 7) is 0. The standard InChI is InChI=1S/C14H17F2N/c15-11-5-4-8(6-12(11)16)7-13(17)14-9-2-1-3-10(9)14/h4-6,9-10,13-14H,1-3,7,17H2. The van der Waals surface area contributed by atoms with Crippen LogP contribution < -0.4 is 5.73 Å². The predicted octanol–water partition coefficient (Wildman–Crippen LogP) is 2.88. The molecule has 1 aromatic rings. The molecule has 2 N–H and O–H groups in total. The summed E-state index contributed by atoms with van der Waals surface area (Å²) in [7, 11) is 0. The lowest BCUT2D eigenvalue weighted by Gasteiger charge is -2.13. The third-order valence-electron chi connectivity index (χ3n) is 4.42. The van der Waals surface area contributed by atoms with Gasteiger partial charge in [0, 0.05) is 6.04 Å². The smallest absolute Gasteiger partial charge is 0.159 e. The van der Waals surface area contributed by atoms with Crippen LogP contribution in [0.3, 0.4) is 0 Å². The van der Waals surface area contributed by atoms with Crippen LogP contribution in [-0.4, -0.2) is 6.04 Å². The summed E-state index contributed by atoms with van der Waals surface area (Å²) in [4.78, 5) is 0. The van der Waals surface area contributed by atoms with Gasteiger partial charge in [-0.3, -0.25) is 0 Å². The van der Waals surface area contributed by atoms with Crippen molar-refractivity contribution in [3.63, 3.8) is 0 Å². The third kappa shape index (κ3) is 1.97. The Morgan fingerprint density at radius 1 is 1.18 bits per heavy atom. The van der Waals surface area contributed by atoms with Crippen molar-refractivity contribution in [1.29, 1.82) is 0 Å². The van der Waals surface area contributed by atoms with Gasteiger partial charge in [0.25, 0.3) is 0 Å². The molecule has 3 atom stereocenters. The van der Waals surface area contributed by atoms with Crippen LogP contribution in [0.4, 0.5) is 8.78 Å². The largest absolute Gasteiger partial charge is 0.327 e. The summed E-state index contributed by atoms with van der Waals surface area (Å²) in [5.74, 6) is 0.693. The maximum absolute atomic E-state index is 13.1. The molecule has 2 saturated carbocycles. The molecule has 0 aliphatic heterocycles. The molecule has 0 aromatic heterocycles. The molecule has 3 unspecified atom stereocenters. The second kappa shape index (κ2) is 4.05. The summed E-state index contributed by atoms with van der Waals surface area (Å²) < 4.78 is 25.8. The summed E-state index contributed by atoms with van der Waals surface area (Å²) in [6, 6.07) is 4.20. The maximum atomic E-state index is 13.1. The Hall–Kier alpha value is -0.960. The molecule has 0 heterocycles. The van der Waals surface area contributed by atoms with Crippen LogP contribution in [0.25, 0.3) is 0 Å².